The molecular formula is C13H17N3O2. The van der Waals surface area contributed by atoms with Gasteiger partial charge in [-0.05, 0) is 37.1 Å². The van der Waals surface area contributed by atoms with Crippen molar-refractivity contribution < 1.29 is 9.26 Å². The lowest BCUT2D eigenvalue weighted by Gasteiger charge is -2.00. The van der Waals surface area contributed by atoms with Crippen molar-refractivity contribution in [1.29, 1.82) is 0 Å². The van der Waals surface area contributed by atoms with Crippen LogP contribution in [0.5, 0.6) is 0 Å². The molecule has 2 rings (SSSR count). The molecule has 0 unspecified atom stereocenters. The molecule has 0 bridgehead atoms. The van der Waals surface area contributed by atoms with Crippen molar-refractivity contribution in [3.8, 4) is 11.5 Å². The zero-order valence-electron chi connectivity index (χ0n) is 10.6. The van der Waals surface area contributed by atoms with Crippen molar-refractivity contribution in [3.63, 3.8) is 0 Å². The van der Waals surface area contributed by atoms with Crippen molar-refractivity contribution in [2.24, 2.45) is 0 Å². The summed E-state index contributed by atoms with van der Waals surface area (Å²) in [4.78, 5) is 4.28. The minimum Gasteiger partial charge on any atom is -0.399 e. The topological polar surface area (TPSA) is 74.2 Å². The maximum atomic E-state index is 5.77. The van der Waals surface area contributed by atoms with Gasteiger partial charge in [0.05, 0.1) is 0 Å². The first-order valence-electron chi connectivity index (χ1n) is 5.97. The molecule has 0 saturated carbocycles. The van der Waals surface area contributed by atoms with Crippen molar-refractivity contribution in [1.82, 2.24) is 10.1 Å². The Kier molecular flexibility index (Phi) is 3.94. The summed E-state index contributed by atoms with van der Waals surface area (Å²) < 4.78 is 10.6. The molecule has 1 aromatic heterocycles. The van der Waals surface area contributed by atoms with Crippen LogP contribution in [0.1, 0.15) is 24.7 Å². The first-order chi connectivity index (χ1) is 8.70. The van der Waals surface area contributed by atoms with Crippen LogP contribution >= 0.6 is 0 Å². The lowest BCUT2D eigenvalue weighted by atomic mass is 10.1. The molecular weight excluding hydrogens is 230 g/mol. The summed E-state index contributed by atoms with van der Waals surface area (Å²) >= 11 is 0. The van der Waals surface area contributed by atoms with E-state index in [4.69, 9.17) is 15.0 Å². The molecule has 0 aliphatic heterocycles. The van der Waals surface area contributed by atoms with Gasteiger partial charge in [0.1, 0.15) is 6.61 Å². The lowest BCUT2D eigenvalue weighted by Crippen LogP contribution is -1.95. The van der Waals surface area contributed by atoms with Crippen LogP contribution in [0.4, 0.5) is 5.69 Å². The van der Waals surface area contributed by atoms with Crippen LogP contribution in [0.3, 0.4) is 0 Å². The number of hydrogen-bond donors (Lipinski definition) is 1. The maximum Gasteiger partial charge on any atom is 0.258 e. The summed E-state index contributed by atoms with van der Waals surface area (Å²) in [7, 11) is 0. The molecule has 0 aliphatic rings. The van der Waals surface area contributed by atoms with Gasteiger partial charge in [-0.15, -0.1) is 0 Å². The van der Waals surface area contributed by atoms with Crippen LogP contribution in [0, 0.1) is 6.92 Å². The second-order valence-corrected chi connectivity index (χ2v) is 4.14. The summed E-state index contributed by atoms with van der Waals surface area (Å²) in [6.45, 7) is 5.08. The molecule has 1 aromatic carbocycles. The number of aromatic nitrogens is 2. The van der Waals surface area contributed by atoms with Gasteiger partial charge in [0, 0.05) is 17.9 Å². The SMILES string of the molecule is CCCOCc1noc(-c2ccc(N)c(C)c2)n1. The summed E-state index contributed by atoms with van der Waals surface area (Å²) in [5.74, 6) is 1.06. The Morgan fingerprint density at radius 3 is 2.94 bits per heavy atom. The van der Waals surface area contributed by atoms with Gasteiger partial charge in [-0.1, -0.05) is 12.1 Å². The third kappa shape index (κ3) is 2.87. The highest BCUT2D eigenvalue weighted by Gasteiger charge is 2.09. The molecule has 5 nitrogen and oxygen atoms in total. The minimum atomic E-state index is 0.380. The smallest absolute Gasteiger partial charge is 0.258 e. The van der Waals surface area contributed by atoms with Gasteiger partial charge >= 0.3 is 0 Å². The fourth-order valence-corrected chi connectivity index (χ4v) is 1.55. The predicted octanol–water partition coefficient (Wildman–Crippen LogP) is 2.55. The van der Waals surface area contributed by atoms with E-state index in [9.17, 15) is 0 Å². The monoisotopic (exact) mass is 247 g/mol. The summed E-state index contributed by atoms with van der Waals surface area (Å²) in [5.41, 5.74) is 8.39. The van der Waals surface area contributed by atoms with E-state index in [0.29, 0.717) is 24.9 Å². The maximum absolute atomic E-state index is 5.77. The molecule has 96 valence electrons. The van der Waals surface area contributed by atoms with Crippen LogP contribution in [0.25, 0.3) is 11.5 Å². The fraction of sp³-hybridized carbons (Fsp3) is 0.385. The second kappa shape index (κ2) is 5.64. The Hall–Kier alpha value is -1.88. The Balaban J connectivity index is 2.11. The molecule has 0 saturated heterocycles. The number of benzene rings is 1. The fourth-order valence-electron chi connectivity index (χ4n) is 1.55. The molecule has 0 aliphatic carbocycles. The largest absolute Gasteiger partial charge is 0.399 e. The van der Waals surface area contributed by atoms with Gasteiger partial charge in [-0.2, -0.15) is 4.98 Å². The number of nitrogen functional groups attached to an aromatic ring is 1. The van der Waals surface area contributed by atoms with E-state index in [2.05, 4.69) is 17.1 Å². The third-order valence-electron chi connectivity index (χ3n) is 2.56. The minimum absolute atomic E-state index is 0.380. The van der Waals surface area contributed by atoms with Gasteiger partial charge in [-0.25, -0.2) is 0 Å². The number of hydrogen-bond acceptors (Lipinski definition) is 5. The number of rotatable bonds is 5. The highest BCUT2D eigenvalue weighted by molar-refractivity contribution is 5.60. The zero-order valence-corrected chi connectivity index (χ0v) is 10.6. The second-order valence-electron chi connectivity index (χ2n) is 4.14. The molecule has 18 heavy (non-hydrogen) atoms. The molecule has 0 amide bonds. The Labute approximate surface area is 106 Å². The van der Waals surface area contributed by atoms with E-state index in [0.717, 1.165) is 23.2 Å². The lowest BCUT2D eigenvalue weighted by molar-refractivity contribution is 0.114. The number of ether oxygens (including phenoxy) is 1. The Morgan fingerprint density at radius 1 is 1.39 bits per heavy atom. The Bertz CT molecular complexity index is 523. The standard InChI is InChI=1S/C13H17N3O2/c1-3-6-17-8-12-15-13(18-16-12)10-4-5-11(14)9(2)7-10/h4-5,7H,3,6,8,14H2,1-2H3. The summed E-state index contributed by atoms with van der Waals surface area (Å²) in [6, 6.07) is 5.63. The first-order valence-corrected chi connectivity index (χ1v) is 5.97. The molecule has 0 radical (unpaired) electrons. The van der Waals surface area contributed by atoms with E-state index in [-0.39, 0.29) is 0 Å². The molecule has 2 N–H and O–H groups in total. The molecule has 0 atom stereocenters. The normalized spacial score (nSPS) is 10.8. The van der Waals surface area contributed by atoms with E-state index in [1.54, 1.807) is 0 Å². The van der Waals surface area contributed by atoms with Crippen LogP contribution in [-0.4, -0.2) is 16.7 Å². The molecule has 0 spiro atoms. The van der Waals surface area contributed by atoms with Crippen molar-refractivity contribution >= 4 is 5.69 Å². The number of nitrogens with two attached hydrogens (primary N) is 1. The van der Waals surface area contributed by atoms with Gasteiger partial charge in [0.15, 0.2) is 5.82 Å². The molecule has 2 aromatic rings. The highest BCUT2D eigenvalue weighted by atomic mass is 16.5. The van der Waals surface area contributed by atoms with Crippen molar-refractivity contribution in [2.45, 2.75) is 26.9 Å². The van der Waals surface area contributed by atoms with Gasteiger partial charge in [-0.3, -0.25) is 0 Å². The summed E-state index contributed by atoms with van der Waals surface area (Å²) in [5, 5.41) is 3.87. The summed E-state index contributed by atoms with van der Waals surface area (Å²) in [6.07, 6.45) is 0.974. The van der Waals surface area contributed by atoms with Crippen LogP contribution in [-0.2, 0) is 11.3 Å². The van der Waals surface area contributed by atoms with E-state index >= 15 is 0 Å². The number of aryl methyl sites for hydroxylation is 1. The number of nitrogens with zero attached hydrogens (tertiary/aromatic N) is 2. The first kappa shape index (κ1) is 12.6. The van der Waals surface area contributed by atoms with Gasteiger partial charge < -0.3 is 15.0 Å². The van der Waals surface area contributed by atoms with Crippen LogP contribution in [0.15, 0.2) is 22.7 Å². The molecule has 5 heteroatoms. The highest BCUT2D eigenvalue weighted by Crippen LogP contribution is 2.21. The van der Waals surface area contributed by atoms with E-state index in [1.807, 2.05) is 25.1 Å². The Morgan fingerprint density at radius 2 is 2.22 bits per heavy atom. The molecule has 0 fully saturated rings. The average molecular weight is 247 g/mol. The van der Waals surface area contributed by atoms with Crippen molar-refractivity contribution in [3.05, 3.63) is 29.6 Å². The van der Waals surface area contributed by atoms with E-state index in [1.165, 1.54) is 0 Å². The predicted molar refractivity (Wildman–Crippen MR) is 68.8 cm³/mol. The number of anilines is 1. The van der Waals surface area contributed by atoms with Crippen LogP contribution in [0.2, 0.25) is 0 Å². The third-order valence-corrected chi connectivity index (χ3v) is 2.56. The van der Waals surface area contributed by atoms with Gasteiger partial charge in [0.25, 0.3) is 5.89 Å². The quantitative estimate of drug-likeness (QED) is 0.649. The van der Waals surface area contributed by atoms with Crippen LogP contribution < -0.4 is 5.73 Å². The zero-order chi connectivity index (χ0) is 13.0. The molecule has 1 heterocycles. The van der Waals surface area contributed by atoms with Gasteiger partial charge in [0.2, 0.25) is 0 Å². The van der Waals surface area contributed by atoms with E-state index < -0.39 is 0 Å². The average Bonchev–Trinajstić information content (AvgIpc) is 2.82. The van der Waals surface area contributed by atoms with Crippen molar-refractivity contribution in [2.75, 3.05) is 12.3 Å².